The van der Waals surface area contributed by atoms with Crippen LogP contribution < -0.4 is 4.90 Å². The van der Waals surface area contributed by atoms with Crippen LogP contribution in [0.3, 0.4) is 0 Å². The fraction of sp³-hybridized carbons (Fsp3) is 0.222. The monoisotopic (exact) mass is 327 g/mol. The van der Waals surface area contributed by atoms with E-state index < -0.39 is 0 Å². The van der Waals surface area contributed by atoms with Gasteiger partial charge >= 0.3 is 0 Å². The number of nitrogens with zero attached hydrogens (tertiary/aromatic N) is 1. The molecule has 2 aromatic rings. The summed E-state index contributed by atoms with van der Waals surface area (Å²) in [4.78, 5) is 2.50. The second kappa shape index (κ2) is 5.84. The van der Waals surface area contributed by atoms with Gasteiger partial charge in [0.15, 0.2) is 0 Å². The van der Waals surface area contributed by atoms with E-state index in [9.17, 15) is 0 Å². The number of anilines is 1. The average Bonchev–Trinajstić information content (AvgIpc) is 2.49. The van der Waals surface area contributed by atoms with Crippen molar-refractivity contribution in [2.24, 2.45) is 0 Å². The number of fused-ring (bicyclic) bond motifs is 1. The van der Waals surface area contributed by atoms with E-state index in [-0.39, 0.29) is 0 Å². The molecule has 2 aromatic carbocycles. The predicted octanol–water partition coefficient (Wildman–Crippen LogP) is 5.13. The SMILES string of the molecule is C=CCC1c2ccccc2CCN1c1ccc(Br)cc1. The summed E-state index contributed by atoms with van der Waals surface area (Å²) in [5, 5.41) is 0. The lowest BCUT2D eigenvalue weighted by atomic mass is 9.90. The molecule has 0 aromatic heterocycles. The van der Waals surface area contributed by atoms with Crippen molar-refractivity contribution in [1.82, 2.24) is 0 Å². The first-order chi connectivity index (χ1) is 9.79. The van der Waals surface area contributed by atoms with Gasteiger partial charge in [0.2, 0.25) is 0 Å². The molecule has 20 heavy (non-hydrogen) atoms. The second-order valence-corrected chi connectivity index (χ2v) is 6.07. The van der Waals surface area contributed by atoms with E-state index in [0.29, 0.717) is 6.04 Å². The van der Waals surface area contributed by atoms with Gasteiger partial charge in [-0.25, -0.2) is 0 Å². The average molecular weight is 328 g/mol. The van der Waals surface area contributed by atoms with Gasteiger partial charge in [0.25, 0.3) is 0 Å². The summed E-state index contributed by atoms with van der Waals surface area (Å²) in [7, 11) is 0. The van der Waals surface area contributed by atoms with E-state index >= 15 is 0 Å². The van der Waals surface area contributed by atoms with E-state index in [1.54, 1.807) is 0 Å². The van der Waals surface area contributed by atoms with Crippen LogP contribution in [0.4, 0.5) is 5.69 Å². The highest BCUT2D eigenvalue weighted by Gasteiger charge is 2.26. The number of halogens is 1. The summed E-state index contributed by atoms with van der Waals surface area (Å²) in [5.74, 6) is 0. The van der Waals surface area contributed by atoms with Gasteiger partial charge in [0.1, 0.15) is 0 Å². The van der Waals surface area contributed by atoms with E-state index in [4.69, 9.17) is 0 Å². The Labute approximate surface area is 129 Å². The Morgan fingerprint density at radius 3 is 2.65 bits per heavy atom. The number of hydrogen-bond donors (Lipinski definition) is 0. The molecular weight excluding hydrogens is 310 g/mol. The maximum atomic E-state index is 3.94. The Kier molecular flexibility index (Phi) is 3.93. The van der Waals surface area contributed by atoms with E-state index in [1.165, 1.54) is 16.8 Å². The zero-order valence-corrected chi connectivity index (χ0v) is 13.0. The van der Waals surface area contributed by atoms with Gasteiger partial charge in [-0.3, -0.25) is 0 Å². The summed E-state index contributed by atoms with van der Waals surface area (Å²) in [6.45, 7) is 5.00. The Morgan fingerprint density at radius 2 is 1.90 bits per heavy atom. The van der Waals surface area contributed by atoms with E-state index in [2.05, 4.69) is 75.9 Å². The highest BCUT2D eigenvalue weighted by molar-refractivity contribution is 9.10. The van der Waals surface area contributed by atoms with Crippen molar-refractivity contribution in [2.45, 2.75) is 18.9 Å². The maximum Gasteiger partial charge on any atom is 0.0579 e. The van der Waals surface area contributed by atoms with Crippen LogP contribution in [0.25, 0.3) is 0 Å². The molecule has 0 bridgehead atoms. The van der Waals surface area contributed by atoms with Crippen molar-refractivity contribution in [3.05, 3.63) is 76.8 Å². The maximum absolute atomic E-state index is 3.94. The predicted molar refractivity (Wildman–Crippen MR) is 89.2 cm³/mol. The lowest BCUT2D eigenvalue weighted by Gasteiger charge is -2.38. The molecule has 1 nitrogen and oxygen atoms in total. The third kappa shape index (κ3) is 2.53. The minimum Gasteiger partial charge on any atom is -0.364 e. The molecule has 1 atom stereocenters. The van der Waals surface area contributed by atoms with Crippen LogP contribution in [0.2, 0.25) is 0 Å². The molecule has 0 saturated heterocycles. The molecule has 3 rings (SSSR count). The van der Waals surface area contributed by atoms with Crippen molar-refractivity contribution in [3.63, 3.8) is 0 Å². The molecule has 1 unspecified atom stereocenters. The fourth-order valence-corrected chi connectivity index (χ4v) is 3.27. The summed E-state index contributed by atoms with van der Waals surface area (Å²) >= 11 is 3.51. The number of benzene rings is 2. The molecule has 0 fully saturated rings. The molecule has 1 aliphatic heterocycles. The molecule has 0 radical (unpaired) electrons. The van der Waals surface area contributed by atoms with Crippen LogP contribution in [0.1, 0.15) is 23.6 Å². The quantitative estimate of drug-likeness (QED) is 0.706. The minimum atomic E-state index is 0.402. The van der Waals surface area contributed by atoms with Crippen LogP contribution in [0.15, 0.2) is 65.7 Å². The first-order valence-corrected chi connectivity index (χ1v) is 7.80. The van der Waals surface area contributed by atoms with Crippen LogP contribution in [-0.4, -0.2) is 6.54 Å². The molecule has 1 aliphatic rings. The first kappa shape index (κ1) is 13.4. The van der Waals surface area contributed by atoms with Crippen molar-refractivity contribution >= 4 is 21.6 Å². The van der Waals surface area contributed by atoms with Crippen LogP contribution in [0, 0.1) is 0 Å². The molecule has 0 spiro atoms. The van der Waals surface area contributed by atoms with Gasteiger partial charge in [0, 0.05) is 16.7 Å². The van der Waals surface area contributed by atoms with Crippen molar-refractivity contribution < 1.29 is 0 Å². The largest absolute Gasteiger partial charge is 0.364 e. The Hall–Kier alpha value is -1.54. The number of hydrogen-bond acceptors (Lipinski definition) is 1. The normalized spacial score (nSPS) is 17.6. The van der Waals surface area contributed by atoms with Crippen molar-refractivity contribution in [1.29, 1.82) is 0 Å². The molecule has 102 valence electrons. The molecule has 1 heterocycles. The third-order valence-corrected chi connectivity index (χ3v) is 4.49. The molecule has 2 heteroatoms. The van der Waals surface area contributed by atoms with Gasteiger partial charge in [-0.05, 0) is 48.2 Å². The zero-order chi connectivity index (χ0) is 13.9. The Balaban J connectivity index is 1.99. The lowest BCUT2D eigenvalue weighted by Crippen LogP contribution is -2.35. The van der Waals surface area contributed by atoms with Gasteiger partial charge in [-0.15, -0.1) is 6.58 Å². The first-order valence-electron chi connectivity index (χ1n) is 7.00. The highest BCUT2D eigenvalue weighted by Crippen LogP contribution is 2.36. The van der Waals surface area contributed by atoms with Crippen LogP contribution >= 0.6 is 15.9 Å². The number of rotatable bonds is 3. The fourth-order valence-electron chi connectivity index (χ4n) is 3.01. The van der Waals surface area contributed by atoms with E-state index in [0.717, 1.165) is 23.9 Å². The standard InChI is InChI=1S/C18H18BrN/c1-2-5-18-17-7-4-3-6-14(17)12-13-20(18)16-10-8-15(19)9-11-16/h2-4,6-11,18H,1,5,12-13H2. The zero-order valence-electron chi connectivity index (χ0n) is 11.4. The summed E-state index contributed by atoms with van der Waals surface area (Å²) in [5.41, 5.74) is 4.21. The van der Waals surface area contributed by atoms with E-state index in [1.807, 2.05) is 6.08 Å². The lowest BCUT2D eigenvalue weighted by molar-refractivity contribution is 0.588. The molecule has 0 aliphatic carbocycles. The molecule has 0 saturated carbocycles. The molecule has 0 amide bonds. The summed E-state index contributed by atoms with van der Waals surface area (Å²) in [6, 6.07) is 17.8. The summed E-state index contributed by atoms with van der Waals surface area (Å²) in [6.07, 6.45) is 4.12. The molecular formula is C18H18BrN. The highest BCUT2D eigenvalue weighted by atomic mass is 79.9. The Morgan fingerprint density at radius 1 is 1.15 bits per heavy atom. The van der Waals surface area contributed by atoms with Crippen LogP contribution in [-0.2, 0) is 6.42 Å². The van der Waals surface area contributed by atoms with Crippen molar-refractivity contribution in [3.8, 4) is 0 Å². The molecule has 0 N–H and O–H groups in total. The van der Waals surface area contributed by atoms with Crippen molar-refractivity contribution in [2.75, 3.05) is 11.4 Å². The van der Waals surface area contributed by atoms with Gasteiger partial charge in [-0.1, -0.05) is 46.3 Å². The van der Waals surface area contributed by atoms with Gasteiger partial charge < -0.3 is 4.90 Å². The van der Waals surface area contributed by atoms with Gasteiger partial charge in [0.05, 0.1) is 6.04 Å². The topological polar surface area (TPSA) is 3.24 Å². The Bertz CT molecular complexity index is 603. The second-order valence-electron chi connectivity index (χ2n) is 5.16. The third-order valence-electron chi connectivity index (χ3n) is 3.96. The van der Waals surface area contributed by atoms with Gasteiger partial charge in [-0.2, -0.15) is 0 Å². The summed E-state index contributed by atoms with van der Waals surface area (Å²) < 4.78 is 1.12. The minimum absolute atomic E-state index is 0.402. The van der Waals surface area contributed by atoms with Crippen LogP contribution in [0.5, 0.6) is 0 Å². The smallest absolute Gasteiger partial charge is 0.0579 e.